The van der Waals surface area contributed by atoms with Gasteiger partial charge in [-0.25, -0.2) is 0 Å². The number of pyridine rings is 2. The van der Waals surface area contributed by atoms with Gasteiger partial charge in [0.15, 0.2) is 0 Å². The van der Waals surface area contributed by atoms with E-state index in [0.717, 1.165) is 11.3 Å². The molecule has 186 valence electrons. The first-order valence-corrected chi connectivity index (χ1v) is 13.6. The van der Waals surface area contributed by atoms with E-state index in [1.54, 1.807) is 0 Å². The second-order valence-electron chi connectivity index (χ2n) is 10.5. The van der Waals surface area contributed by atoms with Crippen molar-refractivity contribution in [2.24, 2.45) is 0 Å². The van der Waals surface area contributed by atoms with Gasteiger partial charge in [0.05, 0.1) is 27.6 Å². The van der Waals surface area contributed by atoms with Gasteiger partial charge < -0.3 is 8.97 Å². The summed E-state index contributed by atoms with van der Waals surface area (Å²) < 4.78 is 4.94. The summed E-state index contributed by atoms with van der Waals surface area (Å²) in [5.41, 5.74) is 9.60. The van der Waals surface area contributed by atoms with E-state index in [2.05, 4.69) is 141 Å². The number of para-hydroxylation sites is 2. The quantitative estimate of drug-likeness (QED) is 0.213. The number of rotatable bonds is 2. The molecule has 4 heterocycles. The van der Waals surface area contributed by atoms with Crippen molar-refractivity contribution in [2.75, 3.05) is 0 Å². The topological polar surface area (TPSA) is 22.2 Å². The third kappa shape index (κ3) is 2.86. The summed E-state index contributed by atoms with van der Waals surface area (Å²) in [5, 5.41) is 7.56. The first-order chi connectivity index (χ1) is 19.9. The maximum absolute atomic E-state index is 4.22. The van der Waals surface area contributed by atoms with Crippen LogP contribution in [-0.2, 0) is 0 Å². The molecule has 0 aliphatic rings. The minimum absolute atomic E-state index is 1.14. The number of benzene rings is 5. The fourth-order valence-corrected chi connectivity index (χ4v) is 6.66. The first kappa shape index (κ1) is 21.5. The highest BCUT2D eigenvalue weighted by Crippen LogP contribution is 2.41. The summed E-state index contributed by atoms with van der Waals surface area (Å²) in [6.07, 6.45) is 3.71. The van der Waals surface area contributed by atoms with Crippen molar-refractivity contribution in [3.63, 3.8) is 0 Å². The van der Waals surface area contributed by atoms with Gasteiger partial charge in [-0.1, -0.05) is 84.9 Å². The van der Waals surface area contributed by atoms with Crippen molar-refractivity contribution >= 4 is 59.9 Å². The van der Waals surface area contributed by atoms with Crippen molar-refractivity contribution in [3.05, 3.63) is 140 Å². The van der Waals surface area contributed by atoms with Crippen LogP contribution in [0.3, 0.4) is 0 Å². The average molecular weight is 510 g/mol. The monoisotopic (exact) mass is 509 g/mol. The van der Waals surface area contributed by atoms with Gasteiger partial charge in [0, 0.05) is 45.0 Å². The zero-order valence-corrected chi connectivity index (χ0v) is 21.6. The van der Waals surface area contributed by atoms with E-state index in [9.17, 15) is 0 Å². The van der Waals surface area contributed by atoms with Crippen LogP contribution in [0.4, 0.5) is 0 Å². The first-order valence-electron chi connectivity index (χ1n) is 13.6. The zero-order valence-electron chi connectivity index (χ0n) is 21.6. The zero-order chi connectivity index (χ0) is 26.2. The molecule has 0 N–H and O–H groups in total. The molecule has 0 saturated carbocycles. The van der Waals surface area contributed by atoms with E-state index >= 15 is 0 Å². The highest BCUT2D eigenvalue weighted by atomic mass is 15.0. The summed E-state index contributed by atoms with van der Waals surface area (Å²) >= 11 is 0. The fraction of sp³-hybridized carbons (Fsp3) is 0. The smallest absolute Gasteiger partial charge is 0.0788 e. The van der Waals surface area contributed by atoms with Crippen LogP contribution >= 0.6 is 0 Å². The molecule has 0 aliphatic heterocycles. The molecular weight excluding hydrogens is 486 g/mol. The summed E-state index contributed by atoms with van der Waals surface area (Å²) in [5.74, 6) is 0. The van der Waals surface area contributed by atoms with Crippen LogP contribution in [0.25, 0.3) is 76.7 Å². The Morgan fingerprint density at radius 2 is 1.10 bits per heavy atom. The molecule has 0 aliphatic carbocycles. The standard InChI is InChI=1S/C37H23N3/c1-5-14-33-26(8-1)23-35-29-12-3-2-11-28(29)31-16-17-32-30-13-4-6-15-34(30)39(36(32)37(31)40(33)35)27-10-7-9-25(22-27)24-18-20-38-21-19-24/h1-23H. The predicted molar refractivity (Wildman–Crippen MR) is 167 cm³/mol. The fourth-order valence-electron chi connectivity index (χ4n) is 6.66. The number of hydrogen-bond acceptors (Lipinski definition) is 1. The molecule has 3 heteroatoms. The van der Waals surface area contributed by atoms with E-state index in [-0.39, 0.29) is 0 Å². The number of nitrogens with zero attached hydrogens (tertiary/aromatic N) is 3. The summed E-state index contributed by atoms with van der Waals surface area (Å²) in [7, 11) is 0. The van der Waals surface area contributed by atoms with Gasteiger partial charge in [0.25, 0.3) is 0 Å². The minimum Gasteiger partial charge on any atom is -0.307 e. The average Bonchev–Trinajstić information content (AvgIpc) is 3.58. The lowest BCUT2D eigenvalue weighted by atomic mass is 10.0. The lowest BCUT2D eigenvalue weighted by Crippen LogP contribution is -1.98. The van der Waals surface area contributed by atoms with Gasteiger partial charge in [0.1, 0.15) is 0 Å². The molecular formula is C37H23N3. The van der Waals surface area contributed by atoms with Crippen LogP contribution in [0.2, 0.25) is 0 Å². The predicted octanol–water partition coefficient (Wildman–Crippen LogP) is 9.56. The van der Waals surface area contributed by atoms with Gasteiger partial charge in [-0.05, 0) is 59.0 Å². The Morgan fingerprint density at radius 3 is 1.93 bits per heavy atom. The van der Waals surface area contributed by atoms with E-state index in [0.29, 0.717) is 0 Å². The third-order valence-corrected chi connectivity index (χ3v) is 8.36. The Morgan fingerprint density at radius 1 is 0.425 bits per heavy atom. The molecule has 4 aromatic heterocycles. The highest BCUT2D eigenvalue weighted by Gasteiger charge is 2.20. The largest absolute Gasteiger partial charge is 0.307 e. The molecule has 0 saturated heterocycles. The molecule has 9 aromatic rings. The molecule has 0 bridgehead atoms. The molecule has 0 radical (unpaired) electrons. The lowest BCUT2D eigenvalue weighted by Gasteiger charge is -2.15. The van der Waals surface area contributed by atoms with Crippen LogP contribution in [0, 0.1) is 0 Å². The molecule has 5 aromatic carbocycles. The Bertz CT molecular complexity index is 2430. The van der Waals surface area contributed by atoms with Crippen molar-refractivity contribution in [2.45, 2.75) is 0 Å². The SMILES string of the molecule is c1cc(-c2ccncc2)cc(-n2c3ccccc3c3ccc4c5ccccc5c5cc6ccccc6n5c4c32)c1. The summed E-state index contributed by atoms with van der Waals surface area (Å²) in [6.45, 7) is 0. The molecule has 0 atom stereocenters. The molecule has 0 unspecified atom stereocenters. The second-order valence-corrected chi connectivity index (χ2v) is 10.5. The van der Waals surface area contributed by atoms with Gasteiger partial charge in [0.2, 0.25) is 0 Å². The summed E-state index contributed by atoms with van der Waals surface area (Å²) in [6, 6.07) is 46.3. The highest BCUT2D eigenvalue weighted by molar-refractivity contribution is 6.25. The van der Waals surface area contributed by atoms with Gasteiger partial charge >= 0.3 is 0 Å². The molecule has 0 amide bonds. The molecule has 3 nitrogen and oxygen atoms in total. The van der Waals surface area contributed by atoms with Crippen LogP contribution in [-0.4, -0.2) is 14.0 Å². The van der Waals surface area contributed by atoms with Crippen LogP contribution in [0.1, 0.15) is 0 Å². The van der Waals surface area contributed by atoms with Gasteiger partial charge in [-0.3, -0.25) is 4.98 Å². The van der Waals surface area contributed by atoms with E-state index in [4.69, 9.17) is 0 Å². The number of fused-ring (bicyclic) bond motifs is 12. The Kier molecular flexibility index (Phi) is 4.33. The van der Waals surface area contributed by atoms with Gasteiger partial charge in [-0.15, -0.1) is 0 Å². The Hall–Kier alpha value is -5.41. The normalized spacial score (nSPS) is 12.0. The van der Waals surface area contributed by atoms with Crippen molar-refractivity contribution < 1.29 is 0 Å². The van der Waals surface area contributed by atoms with Crippen LogP contribution in [0.5, 0.6) is 0 Å². The Balaban J connectivity index is 1.54. The molecule has 0 spiro atoms. The third-order valence-electron chi connectivity index (χ3n) is 8.36. The minimum atomic E-state index is 1.14. The maximum atomic E-state index is 4.22. The van der Waals surface area contributed by atoms with E-state index in [1.165, 1.54) is 65.5 Å². The summed E-state index contributed by atoms with van der Waals surface area (Å²) in [4.78, 5) is 4.22. The number of aromatic nitrogens is 3. The lowest BCUT2D eigenvalue weighted by molar-refractivity contribution is 1.18. The molecule has 9 rings (SSSR count). The van der Waals surface area contributed by atoms with Gasteiger partial charge in [-0.2, -0.15) is 0 Å². The second kappa shape index (κ2) is 8.05. The Labute approximate surface area is 230 Å². The van der Waals surface area contributed by atoms with Crippen molar-refractivity contribution in [1.29, 1.82) is 0 Å². The van der Waals surface area contributed by atoms with E-state index < -0.39 is 0 Å². The van der Waals surface area contributed by atoms with Crippen molar-refractivity contribution in [3.8, 4) is 16.8 Å². The van der Waals surface area contributed by atoms with Crippen LogP contribution < -0.4 is 0 Å². The molecule has 0 fully saturated rings. The van der Waals surface area contributed by atoms with E-state index in [1.807, 2.05) is 12.4 Å². The maximum Gasteiger partial charge on any atom is 0.0788 e. The number of hydrogen-bond donors (Lipinski definition) is 0. The molecule has 40 heavy (non-hydrogen) atoms. The van der Waals surface area contributed by atoms with Crippen LogP contribution in [0.15, 0.2) is 140 Å². The van der Waals surface area contributed by atoms with Crippen molar-refractivity contribution in [1.82, 2.24) is 14.0 Å².